The number of carbonyl (C=O) groups excluding carboxylic acids is 3. The number of β-lactam (4-membered cyclic amide) rings is 1. The van der Waals surface area contributed by atoms with Crippen LogP contribution < -0.4 is 5.32 Å². The molecule has 138 valence electrons. The second kappa shape index (κ2) is 7.63. The molecule has 1 saturated heterocycles. The first-order valence-corrected chi connectivity index (χ1v) is 10.5. The normalized spacial score (nSPS) is 27.7. The number of carbonyl (C=O) groups is 3. The number of fused-ring (bicyclic) bond motifs is 1. The maximum atomic E-state index is 12.8. The minimum atomic E-state index is -1.51. The standard InChI is InChI=1S/C15H16BClN2O5S2/c1-7-9(6-17)12(15(22)24-16)19-13(21)11(14(19)26(7)23)18-10(20)5-8-3-2-4-25-8/h2-4,7,11,14H,5-6,16H2,1H3,(H,18,20)/t7-,11-,14-,26?/m1/s1. The van der Waals surface area contributed by atoms with Crippen LogP contribution >= 0.6 is 22.9 Å². The number of hydrogen-bond donors (Lipinski definition) is 1. The summed E-state index contributed by atoms with van der Waals surface area (Å²) in [7, 11) is 1.21. The van der Waals surface area contributed by atoms with Crippen molar-refractivity contribution >= 4 is 59.9 Å². The minimum absolute atomic E-state index is 0.0355. The fourth-order valence-corrected chi connectivity index (χ4v) is 5.98. The van der Waals surface area contributed by atoms with Crippen molar-refractivity contribution in [1.29, 1.82) is 0 Å². The molecule has 0 bridgehead atoms. The fourth-order valence-electron chi connectivity index (χ4n) is 3.06. The Morgan fingerprint density at radius 1 is 1.54 bits per heavy atom. The highest BCUT2D eigenvalue weighted by Crippen LogP contribution is 2.40. The van der Waals surface area contributed by atoms with E-state index >= 15 is 0 Å². The third-order valence-corrected chi connectivity index (χ3v) is 7.52. The van der Waals surface area contributed by atoms with Crippen LogP contribution in [0.2, 0.25) is 0 Å². The molecule has 1 aromatic rings. The van der Waals surface area contributed by atoms with Gasteiger partial charge < -0.3 is 14.5 Å². The van der Waals surface area contributed by atoms with E-state index in [0.717, 1.165) is 9.78 Å². The summed E-state index contributed by atoms with van der Waals surface area (Å²) in [5, 5.41) is 3.18. The van der Waals surface area contributed by atoms with E-state index in [4.69, 9.17) is 16.3 Å². The summed E-state index contributed by atoms with van der Waals surface area (Å²) in [4.78, 5) is 38.9. The van der Waals surface area contributed by atoms with Crippen LogP contribution in [-0.2, 0) is 36.6 Å². The van der Waals surface area contributed by atoms with Crippen molar-refractivity contribution in [3.8, 4) is 0 Å². The van der Waals surface area contributed by atoms with Crippen molar-refractivity contribution in [2.45, 2.75) is 30.0 Å². The maximum absolute atomic E-state index is 12.8. The molecule has 26 heavy (non-hydrogen) atoms. The Bertz CT molecular complexity index is 772. The molecule has 0 spiro atoms. The third kappa shape index (κ3) is 3.15. The van der Waals surface area contributed by atoms with Gasteiger partial charge in [0.05, 0.1) is 12.3 Å². The number of alkyl halides is 1. The summed E-state index contributed by atoms with van der Waals surface area (Å²) in [5.41, 5.74) is 0.443. The van der Waals surface area contributed by atoms with E-state index in [-0.39, 0.29) is 23.9 Å². The van der Waals surface area contributed by atoms with Gasteiger partial charge >= 0.3 is 14.0 Å². The Morgan fingerprint density at radius 3 is 2.85 bits per heavy atom. The molecule has 0 aromatic carbocycles. The van der Waals surface area contributed by atoms with Crippen molar-refractivity contribution in [2.24, 2.45) is 0 Å². The lowest BCUT2D eigenvalue weighted by molar-refractivity contribution is -0.150. The van der Waals surface area contributed by atoms with Gasteiger partial charge in [-0.15, -0.1) is 22.9 Å². The van der Waals surface area contributed by atoms with Crippen LogP contribution in [0, 0.1) is 0 Å². The van der Waals surface area contributed by atoms with Gasteiger partial charge in [-0.25, -0.2) is 4.79 Å². The molecule has 1 fully saturated rings. The third-order valence-electron chi connectivity index (χ3n) is 4.42. The zero-order valence-electron chi connectivity index (χ0n) is 14.1. The highest BCUT2D eigenvalue weighted by Gasteiger charge is 2.62. The smallest absolute Gasteiger partial charge is 0.337 e. The van der Waals surface area contributed by atoms with E-state index in [2.05, 4.69) is 5.32 Å². The van der Waals surface area contributed by atoms with Crippen molar-refractivity contribution < 1.29 is 23.6 Å². The summed E-state index contributed by atoms with van der Waals surface area (Å²) in [6.07, 6.45) is 0.142. The van der Waals surface area contributed by atoms with Crippen LogP contribution in [0.15, 0.2) is 28.8 Å². The summed E-state index contributed by atoms with van der Waals surface area (Å²) < 4.78 is 17.5. The number of nitrogens with zero attached hydrogens (tertiary/aromatic N) is 1. The van der Waals surface area contributed by atoms with Crippen molar-refractivity contribution in [2.75, 3.05) is 5.88 Å². The molecule has 2 aliphatic rings. The van der Waals surface area contributed by atoms with Crippen LogP contribution in [0.4, 0.5) is 0 Å². The van der Waals surface area contributed by atoms with Gasteiger partial charge in [-0.3, -0.25) is 14.5 Å². The van der Waals surface area contributed by atoms with Crippen molar-refractivity contribution in [1.82, 2.24) is 10.2 Å². The molecule has 4 atom stereocenters. The van der Waals surface area contributed by atoms with Gasteiger partial charge in [-0.1, -0.05) is 6.07 Å². The van der Waals surface area contributed by atoms with E-state index in [0.29, 0.717) is 5.57 Å². The Kier molecular flexibility index (Phi) is 5.66. The van der Waals surface area contributed by atoms with Gasteiger partial charge in [-0.05, 0) is 29.5 Å². The molecule has 11 heteroatoms. The maximum Gasteiger partial charge on any atom is 0.337 e. The molecule has 2 amide bonds. The highest BCUT2D eigenvalue weighted by molar-refractivity contribution is 7.93. The lowest BCUT2D eigenvalue weighted by Crippen LogP contribution is -2.75. The lowest BCUT2D eigenvalue weighted by atomic mass is 10.0. The van der Waals surface area contributed by atoms with Gasteiger partial charge in [0.1, 0.15) is 10.9 Å². The average molecular weight is 415 g/mol. The molecule has 0 aliphatic carbocycles. The second-order valence-corrected chi connectivity index (χ2v) is 9.02. The van der Waals surface area contributed by atoms with Gasteiger partial charge in [0.25, 0.3) is 5.91 Å². The SMILES string of the molecule is BOC(=O)C1=C(CCl)[C@@H](C)[S+]([O-])[C@@H]2[C@H](NC(=O)Cc3cccs3)C(=O)N12. The van der Waals surface area contributed by atoms with E-state index in [1.54, 1.807) is 6.92 Å². The first-order valence-electron chi connectivity index (χ1n) is 7.82. The zero-order chi connectivity index (χ0) is 19.0. The summed E-state index contributed by atoms with van der Waals surface area (Å²) >= 11 is 5.85. The van der Waals surface area contributed by atoms with Crippen molar-refractivity contribution in [3.05, 3.63) is 33.7 Å². The Hall–Kier alpha value is -1.49. The Labute approximate surface area is 163 Å². The largest absolute Gasteiger partial charge is 0.614 e. The van der Waals surface area contributed by atoms with E-state index in [1.165, 1.54) is 19.4 Å². The molecular formula is C15H16BClN2O5S2. The first-order chi connectivity index (χ1) is 12.4. The van der Waals surface area contributed by atoms with E-state index in [9.17, 15) is 18.9 Å². The van der Waals surface area contributed by atoms with Crippen LogP contribution in [-0.4, -0.2) is 57.8 Å². The molecule has 0 saturated carbocycles. The van der Waals surface area contributed by atoms with E-state index < -0.39 is 39.7 Å². The predicted molar refractivity (Wildman–Crippen MR) is 101 cm³/mol. The lowest BCUT2D eigenvalue weighted by Gasteiger charge is -2.51. The fraction of sp³-hybridized carbons (Fsp3) is 0.400. The predicted octanol–water partition coefficient (Wildman–Crippen LogP) is -0.321. The number of rotatable bonds is 5. The quantitative estimate of drug-likeness (QED) is 0.308. The van der Waals surface area contributed by atoms with E-state index in [1.807, 2.05) is 17.5 Å². The van der Waals surface area contributed by atoms with Gasteiger partial charge in [0.15, 0.2) is 6.04 Å². The summed E-state index contributed by atoms with van der Waals surface area (Å²) in [5.74, 6) is -1.56. The highest BCUT2D eigenvalue weighted by atomic mass is 35.5. The number of hydrogen-bond acceptors (Lipinski definition) is 6. The molecule has 1 aromatic heterocycles. The van der Waals surface area contributed by atoms with Crippen LogP contribution in [0.3, 0.4) is 0 Å². The molecule has 7 nitrogen and oxygen atoms in total. The molecule has 3 rings (SSSR count). The molecule has 1 N–H and O–H groups in total. The topological polar surface area (TPSA) is 98.8 Å². The number of thiophene rings is 1. The number of amides is 2. The molecule has 3 heterocycles. The summed E-state index contributed by atoms with van der Waals surface area (Å²) in [6.45, 7) is 1.68. The van der Waals surface area contributed by atoms with Crippen molar-refractivity contribution in [3.63, 3.8) is 0 Å². The molecule has 1 unspecified atom stereocenters. The summed E-state index contributed by atoms with van der Waals surface area (Å²) in [6, 6.07) is 2.73. The average Bonchev–Trinajstić information content (AvgIpc) is 3.13. The zero-order valence-corrected chi connectivity index (χ0v) is 16.5. The Morgan fingerprint density at radius 2 is 2.27 bits per heavy atom. The Balaban J connectivity index is 1.82. The number of halogens is 1. The van der Waals surface area contributed by atoms with Crippen LogP contribution in [0.5, 0.6) is 0 Å². The van der Waals surface area contributed by atoms with Gasteiger partial charge in [-0.2, -0.15) is 0 Å². The second-order valence-electron chi connectivity index (χ2n) is 5.87. The van der Waals surface area contributed by atoms with Crippen LogP contribution in [0.25, 0.3) is 0 Å². The van der Waals surface area contributed by atoms with Gasteiger partial charge in [0, 0.05) is 10.5 Å². The molecular weight excluding hydrogens is 399 g/mol. The first kappa shape index (κ1) is 19.3. The minimum Gasteiger partial charge on any atom is -0.614 e. The molecule has 0 radical (unpaired) electrons. The van der Waals surface area contributed by atoms with Gasteiger partial charge in [0.2, 0.25) is 11.3 Å². The number of nitrogens with one attached hydrogen (secondary N) is 1. The monoisotopic (exact) mass is 414 g/mol. The van der Waals surface area contributed by atoms with Crippen LogP contribution in [0.1, 0.15) is 11.8 Å². The molecule has 2 aliphatic heterocycles.